The summed E-state index contributed by atoms with van der Waals surface area (Å²) in [5, 5.41) is 20.0. The fourth-order valence-corrected chi connectivity index (χ4v) is 3.34. The van der Waals surface area contributed by atoms with Crippen LogP contribution in [0.25, 0.3) is 10.9 Å². The van der Waals surface area contributed by atoms with Crippen LogP contribution in [0.15, 0.2) is 41.2 Å². The Bertz CT molecular complexity index is 1230. The molecule has 0 spiro atoms. The molecular formula is C22H22N2O7. The van der Waals surface area contributed by atoms with Crippen LogP contribution in [-0.4, -0.2) is 47.9 Å². The molecule has 0 aliphatic heterocycles. The summed E-state index contributed by atoms with van der Waals surface area (Å²) in [5.74, 6) is -1.42. The highest BCUT2D eigenvalue weighted by atomic mass is 16.5. The molecule has 1 amide bonds. The summed E-state index contributed by atoms with van der Waals surface area (Å²) in [6, 6.07) is 9.37. The lowest BCUT2D eigenvalue weighted by molar-refractivity contribution is -0.136. The van der Waals surface area contributed by atoms with Gasteiger partial charge in [0.1, 0.15) is 11.3 Å². The van der Waals surface area contributed by atoms with Crippen LogP contribution in [0.4, 0.5) is 5.69 Å². The minimum Gasteiger partial charge on any atom is -0.506 e. The number of fused-ring (bicyclic) bond motifs is 1. The zero-order valence-electron chi connectivity index (χ0n) is 17.5. The molecule has 0 saturated carbocycles. The van der Waals surface area contributed by atoms with Crippen LogP contribution < -0.4 is 19.9 Å². The van der Waals surface area contributed by atoms with E-state index in [4.69, 9.17) is 14.6 Å². The first-order chi connectivity index (χ1) is 14.7. The average molecular weight is 426 g/mol. The van der Waals surface area contributed by atoms with Gasteiger partial charge in [0.15, 0.2) is 11.5 Å². The second kappa shape index (κ2) is 8.39. The maximum Gasteiger partial charge on any atom is 0.307 e. The van der Waals surface area contributed by atoms with Gasteiger partial charge in [0.25, 0.3) is 11.5 Å². The molecule has 9 nitrogen and oxygen atoms in total. The number of amides is 1. The van der Waals surface area contributed by atoms with Crippen LogP contribution in [0.5, 0.6) is 17.2 Å². The van der Waals surface area contributed by atoms with Crippen LogP contribution >= 0.6 is 0 Å². The number of pyridine rings is 1. The van der Waals surface area contributed by atoms with Gasteiger partial charge in [-0.05, 0) is 23.8 Å². The Labute approximate surface area is 177 Å². The van der Waals surface area contributed by atoms with E-state index in [0.29, 0.717) is 28.3 Å². The molecule has 0 bridgehead atoms. The van der Waals surface area contributed by atoms with Gasteiger partial charge in [0.05, 0.1) is 26.2 Å². The molecule has 0 fully saturated rings. The van der Waals surface area contributed by atoms with Crippen molar-refractivity contribution in [3.05, 3.63) is 57.9 Å². The van der Waals surface area contributed by atoms with Gasteiger partial charge in [-0.15, -0.1) is 0 Å². The van der Waals surface area contributed by atoms with Crippen LogP contribution in [0.3, 0.4) is 0 Å². The Morgan fingerprint density at radius 3 is 2.19 bits per heavy atom. The Balaban J connectivity index is 2.10. The molecular weight excluding hydrogens is 404 g/mol. The summed E-state index contributed by atoms with van der Waals surface area (Å²) in [6.45, 7) is 0. The van der Waals surface area contributed by atoms with Crippen molar-refractivity contribution in [3.63, 3.8) is 0 Å². The quantitative estimate of drug-likeness (QED) is 0.620. The molecule has 9 heteroatoms. The normalized spacial score (nSPS) is 10.7. The molecule has 2 aromatic carbocycles. The van der Waals surface area contributed by atoms with Crippen molar-refractivity contribution >= 4 is 28.5 Å². The third-order valence-electron chi connectivity index (χ3n) is 5.07. The molecule has 31 heavy (non-hydrogen) atoms. The molecule has 1 heterocycles. The van der Waals surface area contributed by atoms with Crippen molar-refractivity contribution in [1.29, 1.82) is 0 Å². The third kappa shape index (κ3) is 3.89. The molecule has 0 aliphatic rings. The highest BCUT2D eigenvalue weighted by Gasteiger charge is 2.26. The van der Waals surface area contributed by atoms with Crippen LogP contribution in [-0.2, 0) is 18.3 Å². The number of nitrogens with zero attached hydrogens (tertiary/aromatic N) is 2. The maximum atomic E-state index is 13.1. The van der Waals surface area contributed by atoms with Crippen molar-refractivity contribution in [3.8, 4) is 17.2 Å². The molecule has 1 aromatic heterocycles. The van der Waals surface area contributed by atoms with Crippen molar-refractivity contribution in [2.24, 2.45) is 7.05 Å². The smallest absolute Gasteiger partial charge is 0.307 e. The number of ether oxygens (including phenoxy) is 2. The lowest BCUT2D eigenvalue weighted by Gasteiger charge is -2.20. The van der Waals surface area contributed by atoms with E-state index in [1.165, 1.54) is 43.8 Å². The molecule has 0 atom stereocenters. The number of carboxylic acids is 1. The van der Waals surface area contributed by atoms with E-state index in [9.17, 15) is 19.5 Å². The summed E-state index contributed by atoms with van der Waals surface area (Å²) in [6.07, 6.45) is -0.144. The number of hydrogen-bond acceptors (Lipinski definition) is 6. The second-order valence-electron chi connectivity index (χ2n) is 6.91. The van der Waals surface area contributed by atoms with Gasteiger partial charge in [-0.25, -0.2) is 0 Å². The van der Waals surface area contributed by atoms with Crippen molar-refractivity contribution in [2.75, 3.05) is 26.2 Å². The number of carboxylic acid groups (broad SMARTS) is 1. The van der Waals surface area contributed by atoms with Crippen LogP contribution in [0.2, 0.25) is 0 Å². The minimum atomic E-state index is -0.964. The van der Waals surface area contributed by atoms with Gasteiger partial charge in [0, 0.05) is 31.2 Å². The largest absolute Gasteiger partial charge is 0.506 e. The Morgan fingerprint density at radius 2 is 1.65 bits per heavy atom. The predicted molar refractivity (Wildman–Crippen MR) is 114 cm³/mol. The number of anilines is 1. The number of carbonyl (C=O) groups is 2. The van der Waals surface area contributed by atoms with Crippen LogP contribution in [0.1, 0.15) is 15.9 Å². The predicted octanol–water partition coefficient (Wildman–Crippen LogP) is 2.17. The van der Waals surface area contributed by atoms with Crippen LogP contribution in [0, 0.1) is 0 Å². The van der Waals surface area contributed by atoms with E-state index in [1.54, 1.807) is 30.3 Å². The zero-order chi connectivity index (χ0) is 22.9. The van der Waals surface area contributed by atoms with Gasteiger partial charge >= 0.3 is 5.97 Å². The minimum absolute atomic E-state index is 0.144. The first-order valence-corrected chi connectivity index (χ1v) is 9.26. The number of benzene rings is 2. The van der Waals surface area contributed by atoms with Gasteiger partial charge in [-0.3, -0.25) is 14.4 Å². The molecule has 0 saturated heterocycles. The van der Waals surface area contributed by atoms with E-state index in [0.717, 1.165) is 0 Å². The number of aromatic nitrogens is 1. The fraction of sp³-hybridized carbons (Fsp3) is 0.227. The number of carbonyl (C=O) groups excluding carboxylic acids is 1. The monoisotopic (exact) mass is 426 g/mol. The summed E-state index contributed by atoms with van der Waals surface area (Å²) in [4.78, 5) is 38.1. The molecule has 3 rings (SSSR count). The summed E-state index contributed by atoms with van der Waals surface area (Å²) in [7, 11) is 5.85. The number of rotatable bonds is 6. The molecule has 0 aliphatic carbocycles. The van der Waals surface area contributed by atoms with E-state index in [1.807, 2.05) is 0 Å². The third-order valence-corrected chi connectivity index (χ3v) is 5.07. The highest BCUT2D eigenvalue weighted by molar-refractivity contribution is 6.10. The molecule has 162 valence electrons. The van der Waals surface area contributed by atoms with Gasteiger partial charge in [-0.1, -0.05) is 12.1 Å². The number of aliphatic carboxylic acids is 1. The average Bonchev–Trinajstić information content (AvgIpc) is 2.76. The van der Waals surface area contributed by atoms with Crippen molar-refractivity contribution in [1.82, 2.24) is 4.57 Å². The van der Waals surface area contributed by atoms with Gasteiger partial charge in [0.2, 0.25) is 0 Å². The second-order valence-corrected chi connectivity index (χ2v) is 6.91. The number of methoxy groups -OCH3 is 2. The first-order valence-electron chi connectivity index (χ1n) is 9.26. The Hall–Kier alpha value is -4.01. The SMILES string of the molecule is COc1cc2c(O)c(C(=O)N(C)c3ccc(CC(=O)O)cc3)c(=O)n(C)c2cc1OC. The topological polar surface area (TPSA) is 118 Å². The Kier molecular flexibility index (Phi) is 5.87. The summed E-state index contributed by atoms with van der Waals surface area (Å²) >= 11 is 0. The maximum absolute atomic E-state index is 13.1. The summed E-state index contributed by atoms with van der Waals surface area (Å²) < 4.78 is 11.8. The molecule has 0 radical (unpaired) electrons. The van der Waals surface area contributed by atoms with Crippen molar-refractivity contribution in [2.45, 2.75) is 6.42 Å². The lowest BCUT2D eigenvalue weighted by atomic mass is 10.1. The molecule has 0 unspecified atom stereocenters. The van der Waals surface area contributed by atoms with E-state index in [-0.39, 0.29) is 17.4 Å². The fourth-order valence-electron chi connectivity index (χ4n) is 3.34. The lowest BCUT2D eigenvalue weighted by Crippen LogP contribution is -2.34. The zero-order valence-corrected chi connectivity index (χ0v) is 17.5. The Morgan fingerprint density at radius 1 is 1.06 bits per heavy atom. The van der Waals surface area contributed by atoms with E-state index in [2.05, 4.69) is 0 Å². The number of hydrogen-bond donors (Lipinski definition) is 2. The van der Waals surface area contributed by atoms with Crippen molar-refractivity contribution < 1.29 is 29.3 Å². The number of aromatic hydroxyl groups is 1. The molecule has 3 aromatic rings. The van der Waals surface area contributed by atoms with E-state index < -0.39 is 23.2 Å². The summed E-state index contributed by atoms with van der Waals surface area (Å²) in [5.41, 5.74) is 0.323. The standard InChI is InChI=1S/C22H22N2O7/c1-23(13-7-5-12(6-8-13)9-18(25)26)21(28)19-20(27)14-10-16(30-3)17(31-4)11-15(14)24(2)22(19)29/h5-8,10-11,27H,9H2,1-4H3,(H,25,26). The van der Waals surface area contributed by atoms with Gasteiger partial charge < -0.3 is 29.2 Å². The number of aryl methyl sites for hydroxylation is 1. The van der Waals surface area contributed by atoms with Gasteiger partial charge in [-0.2, -0.15) is 0 Å². The highest BCUT2D eigenvalue weighted by Crippen LogP contribution is 2.36. The van der Waals surface area contributed by atoms with E-state index >= 15 is 0 Å². The first kappa shape index (κ1) is 21.7. The molecule has 2 N–H and O–H groups in total.